The SMILES string of the molecule is CSc1ccc(OCc2ccnc(C#N)c2)cc1. The van der Waals surface area contributed by atoms with Crippen LogP contribution in [-0.4, -0.2) is 11.2 Å². The highest BCUT2D eigenvalue weighted by molar-refractivity contribution is 7.98. The highest BCUT2D eigenvalue weighted by Gasteiger charge is 1.99. The summed E-state index contributed by atoms with van der Waals surface area (Å²) < 4.78 is 5.64. The number of nitrogens with zero attached hydrogens (tertiary/aromatic N) is 2. The summed E-state index contributed by atoms with van der Waals surface area (Å²) in [6, 6.07) is 13.5. The second-order valence-corrected chi connectivity index (χ2v) is 4.50. The zero-order valence-electron chi connectivity index (χ0n) is 9.96. The van der Waals surface area contributed by atoms with Crippen LogP contribution in [0.2, 0.25) is 0 Å². The molecular weight excluding hydrogens is 244 g/mol. The van der Waals surface area contributed by atoms with Crippen molar-refractivity contribution < 1.29 is 4.74 Å². The molecule has 0 aliphatic heterocycles. The summed E-state index contributed by atoms with van der Waals surface area (Å²) in [5.74, 6) is 0.822. The first-order chi connectivity index (χ1) is 8.81. The van der Waals surface area contributed by atoms with Crippen molar-refractivity contribution in [1.82, 2.24) is 4.98 Å². The molecule has 0 radical (unpaired) electrons. The van der Waals surface area contributed by atoms with Crippen LogP contribution in [-0.2, 0) is 6.61 Å². The maximum Gasteiger partial charge on any atom is 0.140 e. The smallest absolute Gasteiger partial charge is 0.140 e. The van der Waals surface area contributed by atoms with Crippen molar-refractivity contribution in [3.8, 4) is 11.8 Å². The Morgan fingerprint density at radius 2 is 2.06 bits per heavy atom. The molecule has 0 bridgehead atoms. The van der Waals surface area contributed by atoms with E-state index in [1.165, 1.54) is 4.90 Å². The molecular formula is C14H12N2OS. The van der Waals surface area contributed by atoms with Gasteiger partial charge in [-0.1, -0.05) is 0 Å². The molecule has 0 aliphatic carbocycles. The third-order valence-electron chi connectivity index (χ3n) is 2.40. The van der Waals surface area contributed by atoms with Gasteiger partial charge in [-0.25, -0.2) is 4.98 Å². The van der Waals surface area contributed by atoms with Crippen molar-refractivity contribution in [2.24, 2.45) is 0 Å². The molecule has 1 aromatic carbocycles. The van der Waals surface area contributed by atoms with Gasteiger partial charge in [-0.3, -0.25) is 0 Å². The Kier molecular flexibility index (Phi) is 4.21. The van der Waals surface area contributed by atoms with Crippen LogP contribution in [0.25, 0.3) is 0 Å². The van der Waals surface area contributed by atoms with Crippen LogP contribution in [0.4, 0.5) is 0 Å². The average molecular weight is 256 g/mol. The van der Waals surface area contributed by atoms with Gasteiger partial charge in [0.25, 0.3) is 0 Å². The fourth-order valence-corrected chi connectivity index (χ4v) is 1.87. The van der Waals surface area contributed by atoms with E-state index in [0.717, 1.165) is 11.3 Å². The van der Waals surface area contributed by atoms with Crippen LogP contribution in [0.1, 0.15) is 11.3 Å². The maximum absolute atomic E-state index is 8.75. The van der Waals surface area contributed by atoms with Crippen LogP contribution in [0.5, 0.6) is 5.75 Å². The first-order valence-corrected chi connectivity index (χ1v) is 6.66. The lowest BCUT2D eigenvalue weighted by Crippen LogP contribution is -1.96. The van der Waals surface area contributed by atoms with E-state index < -0.39 is 0 Å². The van der Waals surface area contributed by atoms with Crippen molar-refractivity contribution in [2.75, 3.05) is 6.26 Å². The summed E-state index contributed by atoms with van der Waals surface area (Å²) in [6.07, 6.45) is 3.66. The highest BCUT2D eigenvalue weighted by Crippen LogP contribution is 2.19. The van der Waals surface area contributed by atoms with Crippen molar-refractivity contribution in [3.63, 3.8) is 0 Å². The Balaban J connectivity index is 2.00. The monoisotopic (exact) mass is 256 g/mol. The molecule has 1 heterocycles. The largest absolute Gasteiger partial charge is 0.489 e. The van der Waals surface area contributed by atoms with E-state index in [-0.39, 0.29) is 0 Å². The van der Waals surface area contributed by atoms with Crippen molar-refractivity contribution in [3.05, 3.63) is 53.9 Å². The number of pyridine rings is 1. The second kappa shape index (κ2) is 6.08. The Labute approximate surface area is 110 Å². The molecule has 3 nitrogen and oxygen atoms in total. The number of nitriles is 1. The zero-order chi connectivity index (χ0) is 12.8. The van der Waals surface area contributed by atoms with Crippen molar-refractivity contribution in [1.29, 1.82) is 5.26 Å². The van der Waals surface area contributed by atoms with E-state index in [0.29, 0.717) is 12.3 Å². The molecule has 0 saturated heterocycles. The van der Waals surface area contributed by atoms with Crippen LogP contribution >= 0.6 is 11.8 Å². The summed E-state index contributed by atoms with van der Waals surface area (Å²) in [6.45, 7) is 0.440. The predicted octanol–water partition coefficient (Wildman–Crippen LogP) is 3.25. The molecule has 2 rings (SSSR count). The molecule has 0 spiro atoms. The van der Waals surface area contributed by atoms with Gasteiger partial charge in [0.05, 0.1) is 0 Å². The molecule has 0 unspecified atom stereocenters. The summed E-state index contributed by atoms with van der Waals surface area (Å²) in [5, 5.41) is 8.75. The topological polar surface area (TPSA) is 45.9 Å². The summed E-state index contributed by atoms with van der Waals surface area (Å²) >= 11 is 1.70. The lowest BCUT2D eigenvalue weighted by atomic mass is 10.2. The fourth-order valence-electron chi connectivity index (χ4n) is 1.46. The maximum atomic E-state index is 8.75. The second-order valence-electron chi connectivity index (χ2n) is 3.63. The summed E-state index contributed by atoms with van der Waals surface area (Å²) in [4.78, 5) is 5.12. The van der Waals surface area contributed by atoms with Crippen LogP contribution in [0, 0.1) is 11.3 Å². The third-order valence-corrected chi connectivity index (χ3v) is 3.15. The molecule has 1 aromatic heterocycles. The molecule has 0 N–H and O–H groups in total. The van der Waals surface area contributed by atoms with Crippen LogP contribution in [0.15, 0.2) is 47.5 Å². The van der Waals surface area contributed by atoms with E-state index in [9.17, 15) is 0 Å². The normalized spacial score (nSPS) is 9.78. The van der Waals surface area contributed by atoms with E-state index in [1.54, 1.807) is 24.0 Å². The minimum absolute atomic E-state index is 0.411. The summed E-state index contributed by atoms with van der Waals surface area (Å²) in [5.41, 5.74) is 1.35. The van der Waals surface area contributed by atoms with Crippen LogP contribution in [0.3, 0.4) is 0 Å². The Bertz CT molecular complexity index is 561. The van der Waals surface area contributed by atoms with Gasteiger partial charge in [0.15, 0.2) is 0 Å². The van der Waals surface area contributed by atoms with Gasteiger partial charge in [-0.2, -0.15) is 5.26 Å². The van der Waals surface area contributed by atoms with Gasteiger partial charge in [-0.15, -0.1) is 11.8 Å². The lowest BCUT2D eigenvalue weighted by Gasteiger charge is -2.06. The number of hydrogen-bond acceptors (Lipinski definition) is 4. The van der Waals surface area contributed by atoms with Gasteiger partial charge in [0, 0.05) is 11.1 Å². The molecule has 90 valence electrons. The van der Waals surface area contributed by atoms with E-state index >= 15 is 0 Å². The number of ether oxygens (including phenoxy) is 1. The summed E-state index contributed by atoms with van der Waals surface area (Å²) in [7, 11) is 0. The van der Waals surface area contributed by atoms with E-state index in [1.807, 2.05) is 42.7 Å². The number of rotatable bonds is 4. The Morgan fingerprint density at radius 1 is 1.28 bits per heavy atom. The lowest BCUT2D eigenvalue weighted by molar-refractivity contribution is 0.306. The van der Waals surface area contributed by atoms with Gasteiger partial charge in [0.2, 0.25) is 0 Å². The third kappa shape index (κ3) is 3.25. The predicted molar refractivity (Wildman–Crippen MR) is 71.5 cm³/mol. The number of thioether (sulfide) groups is 1. The molecule has 18 heavy (non-hydrogen) atoms. The molecule has 0 amide bonds. The van der Waals surface area contributed by atoms with Crippen molar-refractivity contribution in [2.45, 2.75) is 11.5 Å². The van der Waals surface area contributed by atoms with Crippen LogP contribution < -0.4 is 4.74 Å². The number of aromatic nitrogens is 1. The molecule has 2 aromatic rings. The Morgan fingerprint density at radius 3 is 2.72 bits per heavy atom. The highest BCUT2D eigenvalue weighted by atomic mass is 32.2. The first-order valence-electron chi connectivity index (χ1n) is 5.43. The van der Waals surface area contributed by atoms with E-state index in [2.05, 4.69) is 4.98 Å². The quantitative estimate of drug-likeness (QED) is 0.788. The van der Waals surface area contributed by atoms with Gasteiger partial charge >= 0.3 is 0 Å². The average Bonchev–Trinajstić information content (AvgIpc) is 2.46. The Hall–Kier alpha value is -1.99. The van der Waals surface area contributed by atoms with Gasteiger partial charge in [0.1, 0.15) is 24.1 Å². The number of benzene rings is 1. The van der Waals surface area contributed by atoms with Crippen molar-refractivity contribution >= 4 is 11.8 Å². The molecule has 0 saturated carbocycles. The number of hydrogen-bond donors (Lipinski definition) is 0. The van der Waals surface area contributed by atoms with Gasteiger partial charge < -0.3 is 4.74 Å². The zero-order valence-corrected chi connectivity index (χ0v) is 10.8. The molecule has 0 fully saturated rings. The van der Waals surface area contributed by atoms with Gasteiger partial charge in [-0.05, 0) is 48.2 Å². The fraction of sp³-hybridized carbons (Fsp3) is 0.143. The standard InChI is InChI=1S/C14H12N2OS/c1-18-14-4-2-13(3-5-14)17-10-11-6-7-16-12(8-11)9-15/h2-8H,10H2,1H3. The first kappa shape index (κ1) is 12.5. The molecule has 0 atom stereocenters. The minimum atomic E-state index is 0.411. The minimum Gasteiger partial charge on any atom is -0.489 e. The molecule has 4 heteroatoms. The van der Waals surface area contributed by atoms with E-state index in [4.69, 9.17) is 10.00 Å². The molecule has 0 aliphatic rings.